The lowest BCUT2D eigenvalue weighted by Crippen LogP contribution is -2.38. The first-order valence-corrected chi connectivity index (χ1v) is 8.02. The van der Waals surface area contributed by atoms with Crippen molar-refractivity contribution in [1.29, 1.82) is 5.26 Å². The van der Waals surface area contributed by atoms with E-state index in [-0.39, 0.29) is 17.9 Å². The van der Waals surface area contributed by atoms with Crippen LogP contribution in [0, 0.1) is 18.3 Å². The number of aromatic nitrogens is 1. The van der Waals surface area contributed by atoms with Crippen molar-refractivity contribution in [2.75, 3.05) is 18.0 Å². The second kappa shape index (κ2) is 6.71. The number of anilines is 1. The number of hydrogen-bond donors (Lipinski definition) is 1. The van der Waals surface area contributed by atoms with Crippen molar-refractivity contribution in [3.63, 3.8) is 0 Å². The SMILES string of the molecule is CC(=O)N[C@H]1CN(c2cccc(C#N)n2)C[C@@H]1c1ccc(C)cc1. The van der Waals surface area contributed by atoms with E-state index in [1.165, 1.54) is 11.1 Å². The molecule has 0 radical (unpaired) electrons. The standard InChI is InChI=1S/C19H20N4O/c1-13-6-8-15(9-7-13)17-11-23(12-18(17)21-14(2)24)19-5-3-4-16(10-20)22-19/h3-9,17-18H,11-12H2,1-2H3,(H,21,24)/t17-,18+/m1/s1. The molecule has 2 atom stereocenters. The van der Waals surface area contributed by atoms with E-state index in [0.717, 1.165) is 12.4 Å². The third-order valence-electron chi connectivity index (χ3n) is 4.39. The summed E-state index contributed by atoms with van der Waals surface area (Å²) in [4.78, 5) is 18.1. The van der Waals surface area contributed by atoms with Gasteiger partial charge >= 0.3 is 0 Å². The van der Waals surface area contributed by atoms with E-state index in [1.54, 1.807) is 13.0 Å². The van der Waals surface area contributed by atoms with Gasteiger partial charge in [-0.25, -0.2) is 4.98 Å². The zero-order valence-corrected chi connectivity index (χ0v) is 13.9. The molecule has 1 amide bonds. The van der Waals surface area contributed by atoms with Crippen LogP contribution in [0.3, 0.4) is 0 Å². The van der Waals surface area contributed by atoms with Gasteiger partial charge in [0.05, 0.1) is 6.04 Å². The number of benzene rings is 1. The Kier molecular flexibility index (Phi) is 4.48. The number of nitriles is 1. The Hall–Kier alpha value is -2.87. The molecular formula is C19H20N4O. The number of hydrogen-bond acceptors (Lipinski definition) is 4. The number of rotatable bonds is 3. The second-order valence-electron chi connectivity index (χ2n) is 6.22. The monoisotopic (exact) mass is 320 g/mol. The minimum absolute atomic E-state index is 0.0257. The summed E-state index contributed by atoms with van der Waals surface area (Å²) < 4.78 is 0. The van der Waals surface area contributed by atoms with Crippen molar-refractivity contribution in [3.05, 3.63) is 59.3 Å². The van der Waals surface area contributed by atoms with Crippen molar-refractivity contribution < 1.29 is 4.79 Å². The Bertz CT molecular complexity index is 779. The van der Waals surface area contributed by atoms with E-state index in [2.05, 4.69) is 52.5 Å². The lowest BCUT2D eigenvalue weighted by Gasteiger charge is -2.19. The largest absolute Gasteiger partial charge is 0.354 e. The predicted molar refractivity (Wildman–Crippen MR) is 92.7 cm³/mol. The smallest absolute Gasteiger partial charge is 0.217 e. The van der Waals surface area contributed by atoms with Crippen molar-refractivity contribution in [1.82, 2.24) is 10.3 Å². The van der Waals surface area contributed by atoms with Crippen molar-refractivity contribution in [3.8, 4) is 6.07 Å². The normalized spacial score (nSPS) is 19.8. The van der Waals surface area contributed by atoms with Gasteiger partial charge < -0.3 is 10.2 Å². The summed E-state index contributed by atoms with van der Waals surface area (Å²) in [5.41, 5.74) is 2.83. The zero-order chi connectivity index (χ0) is 17.1. The summed E-state index contributed by atoms with van der Waals surface area (Å²) in [5.74, 6) is 0.943. The molecule has 1 saturated heterocycles. The van der Waals surface area contributed by atoms with Gasteiger partial charge in [-0.05, 0) is 24.6 Å². The molecule has 0 unspecified atom stereocenters. The maximum Gasteiger partial charge on any atom is 0.217 e. The van der Waals surface area contributed by atoms with E-state index in [4.69, 9.17) is 5.26 Å². The van der Waals surface area contributed by atoms with Crippen LogP contribution in [-0.2, 0) is 4.79 Å². The van der Waals surface area contributed by atoms with E-state index in [1.807, 2.05) is 12.1 Å². The Balaban J connectivity index is 1.88. The Morgan fingerprint density at radius 1 is 1.25 bits per heavy atom. The van der Waals surface area contributed by atoms with Crippen LogP contribution >= 0.6 is 0 Å². The molecule has 1 aliphatic heterocycles. The number of carbonyl (C=O) groups is 1. The van der Waals surface area contributed by atoms with Crippen LogP contribution in [0.15, 0.2) is 42.5 Å². The summed E-state index contributed by atoms with van der Waals surface area (Å²) in [6, 6.07) is 16.0. The highest BCUT2D eigenvalue weighted by Crippen LogP contribution is 2.30. The Morgan fingerprint density at radius 2 is 2.00 bits per heavy atom. The molecule has 1 N–H and O–H groups in total. The third kappa shape index (κ3) is 3.38. The van der Waals surface area contributed by atoms with Crippen molar-refractivity contribution in [2.24, 2.45) is 0 Å². The van der Waals surface area contributed by atoms with Gasteiger partial charge in [-0.3, -0.25) is 4.79 Å². The quantitative estimate of drug-likeness (QED) is 0.942. The zero-order valence-electron chi connectivity index (χ0n) is 13.9. The molecule has 0 aliphatic carbocycles. The molecule has 1 aromatic heterocycles. The van der Waals surface area contributed by atoms with Gasteiger partial charge in [0.15, 0.2) is 0 Å². The molecule has 0 spiro atoms. The predicted octanol–water partition coefficient (Wildman–Crippen LogP) is 2.37. The maximum atomic E-state index is 11.6. The van der Waals surface area contributed by atoms with Crippen LogP contribution in [0.4, 0.5) is 5.82 Å². The molecule has 3 rings (SSSR count). The molecule has 0 bridgehead atoms. The number of nitrogens with one attached hydrogen (secondary N) is 1. The van der Waals surface area contributed by atoms with E-state index in [9.17, 15) is 4.79 Å². The minimum Gasteiger partial charge on any atom is -0.354 e. The van der Waals surface area contributed by atoms with Crippen molar-refractivity contribution in [2.45, 2.75) is 25.8 Å². The molecule has 1 aromatic carbocycles. The molecule has 5 nitrogen and oxygen atoms in total. The van der Waals surface area contributed by atoms with Gasteiger partial charge in [0.2, 0.25) is 5.91 Å². The van der Waals surface area contributed by atoms with Crippen LogP contribution in [0.25, 0.3) is 0 Å². The Morgan fingerprint density at radius 3 is 2.67 bits per heavy atom. The summed E-state index contributed by atoms with van der Waals surface area (Å²) in [6.45, 7) is 5.05. The molecule has 24 heavy (non-hydrogen) atoms. The highest BCUT2D eigenvalue weighted by Gasteiger charge is 2.35. The lowest BCUT2D eigenvalue weighted by atomic mass is 9.93. The lowest BCUT2D eigenvalue weighted by molar-refractivity contribution is -0.119. The molecule has 1 aliphatic rings. The molecule has 0 saturated carbocycles. The highest BCUT2D eigenvalue weighted by molar-refractivity contribution is 5.73. The fourth-order valence-corrected chi connectivity index (χ4v) is 3.21. The Labute approximate surface area is 141 Å². The third-order valence-corrected chi connectivity index (χ3v) is 4.39. The maximum absolute atomic E-state index is 11.6. The van der Waals surface area contributed by atoms with Gasteiger partial charge in [-0.2, -0.15) is 5.26 Å². The second-order valence-corrected chi connectivity index (χ2v) is 6.22. The van der Waals surface area contributed by atoms with Gasteiger partial charge in [-0.15, -0.1) is 0 Å². The average Bonchev–Trinajstić information content (AvgIpc) is 2.99. The first kappa shape index (κ1) is 16.0. The van der Waals surface area contributed by atoms with Crippen LogP contribution in [0.1, 0.15) is 29.7 Å². The van der Waals surface area contributed by atoms with Gasteiger partial charge in [0, 0.05) is 25.9 Å². The van der Waals surface area contributed by atoms with Gasteiger partial charge in [-0.1, -0.05) is 35.9 Å². The number of nitrogens with zero attached hydrogens (tertiary/aromatic N) is 3. The topological polar surface area (TPSA) is 69.0 Å². The van der Waals surface area contributed by atoms with E-state index in [0.29, 0.717) is 12.2 Å². The summed E-state index contributed by atoms with van der Waals surface area (Å²) >= 11 is 0. The number of pyridine rings is 1. The summed E-state index contributed by atoms with van der Waals surface area (Å²) in [5, 5.41) is 12.1. The number of carbonyl (C=O) groups excluding carboxylic acids is 1. The first-order chi connectivity index (χ1) is 11.6. The van der Waals surface area contributed by atoms with Crippen LogP contribution < -0.4 is 10.2 Å². The average molecular weight is 320 g/mol. The van der Waals surface area contributed by atoms with E-state index >= 15 is 0 Å². The minimum atomic E-state index is -0.0299. The molecule has 5 heteroatoms. The summed E-state index contributed by atoms with van der Waals surface area (Å²) in [7, 11) is 0. The van der Waals surface area contributed by atoms with Crippen LogP contribution in [0.5, 0.6) is 0 Å². The first-order valence-electron chi connectivity index (χ1n) is 8.02. The molecular weight excluding hydrogens is 300 g/mol. The van der Waals surface area contributed by atoms with Crippen LogP contribution in [0.2, 0.25) is 0 Å². The summed E-state index contributed by atoms with van der Waals surface area (Å²) in [6.07, 6.45) is 0. The van der Waals surface area contributed by atoms with Gasteiger partial charge in [0.25, 0.3) is 0 Å². The molecule has 122 valence electrons. The molecule has 1 fully saturated rings. The van der Waals surface area contributed by atoms with Gasteiger partial charge in [0.1, 0.15) is 17.6 Å². The molecule has 2 heterocycles. The van der Waals surface area contributed by atoms with Crippen LogP contribution in [-0.4, -0.2) is 30.0 Å². The highest BCUT2D eigenvalue weighted by atomic mass is 16.1. The fraction of sp³-hybridized carbons (Fsp3) is 0.316. The van der Waals surface area contributed by atoms with Crippen molar-refractivity contribution >= 4 is 11.7 Å². The number of amides is 1. The number of aryl methyl sites for hydroxylation is 1. The molecule has 2 aromatic rings. The fourth-order valence-electron chi connectivity index (χ4n) is 3.21. The van der Waals surface area contributed by atoms with E-state index < -0.39 is 0 Å².